The Bertz CT molecular complexity index is 625. The van der Waals surface area contributed by atoms with Gasteiger partial charge in [-0.15, -0.1) is 0 Å². The molecule has 0 amide bonds. The fourth-order valence-electron chi connectivity index (χ4n) is 2.29. The Hall–Kier alpha value is -2.36. The highest BCUT2D eigenvalue weighted by molar-refractivity contribution is 5.57. The van der Waals surface area contributed by atoms with Gasteiger partial charge >= 0.3 is 0 Å². The summed E-state index contributed by atoms with van der Waals surface area (Å²) in [6.07, 6.45) is 0.144. The Morgan fingerprint density at radius 3 is 2.81 bits per heavy atom. The SMILES string of the molecule is CC(C)Oc1ccccc1NCc1cccc2c1OCO2. The Labute approximate surface area is 124 Å². The Morgan fingerprint density at radius 1 is 1.10 bits per heavy atom. The largest absolute Gasteiger partial charge is 0.489 e. The first kappa shape index (κ1) is 13.6. The van der Waals surface area contributed by atoms with Crippen molar-refractivity contribution in [1.82, 2.24) is 0 Å². The third-order valence-electron chi connectivity index (χ3n) is 3.20. The molecule has 21 heavy (non-hydrogen) atoms. The topological polar surface area (TPSA) is 39.7 Å². The standard InChI is InChI=1S/C17H19NO3/c1-12(2)21-15-8-4-3-7-14(15)18-10-13-6-5-9-16-17(13)20-11-19-16/h3-9,12,18H,10-11H2,1-2H3. The second-order valence-electron chi connectivity index (χ2n) is 5.17. The molecule has 2 aromatic carbocycles. The summed E-state index contributed by atoms with van der Waals surface area (Å²) >= 11 is 0. The van der Waals surface area contributed by atoms with Crippen LogP contribution in [0, 0.1) is 0 Å². The van der Waals surface area contributed by atoms with Gasteiger partial charge in [0.15, 0.2) is 11.5 Å². The van der Waals surface area contributed by atoms with Gasteiger partial charge in [0.25, 0.3) is 0 Å². The second-order valence-corrected chi connectivity index (χ2v) is 5.17. The van der Waals surface area contributed by atoms with Gasteiger partial charge in [0, 0.05) is 12.1 Å². The summed E-state index contributed by atoms with van der Waals surface area (Å²) < 4.78 is 16.7. The van der Waals surface area contributed by atoms with Crippen LogP contribution in [0.5, 0.6) is 17.2 Å². The normalized spacial score (nSPS) is 12.5. The van der Waals surface area contributed by atoms with E-state index in [1.807, 2.05) is 56.3 Å². The van der Waals surface area contributed by atoms with Crippen molar-refractivity contribution in [3.63, 3.8) is 0 Å². The first-order chi connectivity index (χ1) is 10.2. The molecule has 2 aromatic rings. The van der Waals surface area contributed by atoms with Crippen molar-refractivity contribution in [2.45, 2.75) is 26.5 Å². The highest BCUT2D eigenvalue weighted by atomic mass is 16.7. The maximum Gasteiger partial charge on any atom is 0.231 e. The van der Waals surface area contributed by atoms with Crippen molar-refractivity contribution in [2.24, 2.45) is 0 Å². The maximum absolute atomic E-state index is 5.81. The lowest BCUT2D eigenvalue weighted by molar-refractivity contribution is 0.173. The van der Waals surface area contributed by atoms with E-state index >= 15 is 0 Å². The van der Waals surface area contributed by atoms with Crippen LogP contribution in [0.15, 0.2) is 42.5 Å². The van der Waals surface area contributed by atoms with Crippen LogP contribution in [-0.4, -0.2) is 12.9 Å². The van der Waals surface area contributed by atoms with Crippen molar-refractivity contribution >= 4 is 5.69 Å². The minimum Gasteiger partial charge on any atom is -0.489 e. The predicted molar refractivity (Wildman–Crippen MR) is 82.1 cm³/mol. The summed E-state index contributed by atoms with van der Waals surface area (Å²) in [5.74, 6) is 2.49. The molecule has 0 spiro atoms. The number of anilines is 1. The van der Waals surface area contributed by atoms with E-state index in [2.05, 4.69) is 5.32 Å². The van der Waals surface area contributed by atoms with Gasteiger partial charge in [-0.25, -0.2) is 0 Å². The molecule has 4 nitrogen and oxygen atoms in total. The molecule has 0 radical (unpaired) electrons. The average molecular weight is 285 g/mol. The summed E-state index contributed by atoms with van der Waals surface area (Å²) in [4.78, 5) is 0. The zero-order chi connectivity index (χ0) is 14.7. The van der Waals surface area contributed by atoms with Gasteiger partial charge in [-0.3, -0.25) is 0 Å². The minimum atomic E-state index is 0.144. The number of hydrogen-bond donors (Lipinski definition) is 1. The third-order valence-corrected chi connectivity index (χ3v) is 3.20. The molecule has 1 aliphatic rings. The van der Waals surface area contributed by atoms with Crippen LogP contribution in [0.2, 0.25) is 0 Å². The third kappa shape index (κ3) is 3.05. The van der Waals surface area contributed by atoms with Gasteiger partial charge in [-0.05, 0) is 32.0 Å². The fraction of sp³-hybridized carbons (Fsp3) is 0.294. The molecule has 0 atom stereocenters. The van der Waals surface area contributed by atoms with Crippen molar-refractivity contribution in [3.8, 4) is 17.2 Å². The summed E-state index contributed by atoms with van der Waals surface area (Å²) in [5.41, 5.74) is 2.05. The lowest BCUT2D eigenvalue weighted by Gasteiger charge is -2.16. The first-order valence-corrected chi connectivity index (χ1v) is 7.11. The van der Waals surface area contributed by atoms with E-state index in [9.17, 15) is 0 Å². The predicted octanol–water partition coefficient (Wildman–Crippen LogP) is 3.81. The summed E-state index contributed by atoms with van der Waals surface area (Å²) in [7, 11) is 0. The molecule has 3 rings (SSSR count). The van der Waals surface area contributed by atoms with Gasteiger partial charge in [0.1, 0.15) is 5.75 Å². The lowest BCUT2D eigenvalue weighted by atomic mass is 10.2. The van der Waals surface area contributed by atoms with Crippen LogP contribution in [0.3, 0.4) is 0 Å². The van der Waals surface area contributed by atoms with E-state index in [0.717, 1.165) is 28.5 Å². The first-order valence-electron chi connectivity index (χ1n) is 7.11. The van der Waals surface area contributed by atoms with Gasteiger partial charge in [-0.2, -0.15) is 0 Å². The second kappa shape index (κ2) is 5.95. The highest BCUT2D eigenvalue weighted by Gasteiger charge is 2.17. The number of benzene rings is 2. The molecular weight excluding hydrogens is 266 g/mol. The average Bonchev–Trinajstić information content (AvgIpc) is 2.95. The molecule has 0 saturated carbocycles. The van der Waals surface area contributed by atoms with Crippen LogP contribution in [-0.2, 0) is 6.54 Å². The van der Waals surface area contributed by atoms with Gasteiger partial charge in [0.05, 0.1) is 11.8 Å². The van der Waals surface area contributed by atoms with Crippen LogP contribution < -0.4 is 19.5 Å². The minimum absolute atomic E-state index is 0.144. The number of rotatable bonds is 5. The van der Waals surface area contributed by atoms with Gasteiger partial charge < -0.3 is 19.5 Å². The molecule has 1 aliphatic heterocycles. The van der Waals surface area contributed by atoms with Crippen LogP contribution in [0.4, 0.5) is 5.69 Å². The summed E-state index contributed by atoms with van der Waals surface area (Å²) in [6, 6.07) is 13.9. The van der Waals surface area contributed by atoms with Crippen molar-refractivity contribution in [3.05, 3.63) is 48.0 Å². The molecule has 0 fully saturated rings. The van der Waals surface area contributed by atoms with Gasteiger partial charge in [-0.1, -0.05) is 24.3 Å². The maximum atomic E-state index is 5.81. The number of para-hydroxylation sites is 3. The van der Waals surface area contributed by atoms with E-state index in [1.165, 1.54) is 0 Å². The van der Waals surface area contributed by atoms with Crippen molar-refractivity contribution in [2.75, 3.05) is 12.1 Å². The zero-order valence-corrected chi connectivity index (χ0v) is 12.3. The number of ether oxygens (including phenoxy) is 3. The van der Waals surface area contributed by atoms with E-state index in [-0.39, 0.29) is 6.10 Å². The Balaban J connectivity index is 1.75. The molecule has 1 N–H and O–H groups in total. The molecule has 0 aliphatic carbocycles. The molecule has 110 valence electrons. The van der Waals surface area contributed by atoms with Gasteiger partial charge in [0.2, 0.25) is 6.79 Å². The number of nitrogens with one attached hydrogen (secondary N) is 1. The smallest absolute Gasteiger partial charge is 0.231 e. The Morgan fingerprint density at radius 2 is 1.95 bits per heavy atom. The van der Waals surface area contributed by atoms with Crippen molar-refractivity contribution in [1.29, 1.82) is 0 Å². The van der Waals surface area contributed by atoms with E-state index in [0.29, 0.717) is 13.3 Å². The van der Waals surface area contributed by atoms with E-state index in [1.54, 1.807) is 0 Å². The fourth-order valence-corrected chi connectivity index (χ4v) is 2.29. The Kier molecular flexibility index (Phi) is 3.86. The molecular formula is C17H19NO3. The molecule has 0 unspecified atom stereocenters. The van der Waals surface area contributed by atoms with E-state index in [4.69, 9.17) is 14.2 Å². The van der Waals surface area contributed by atoms with Crippen LogP contribution >= 0.6 is 0 Å². The van der Waals surface area contributed by atoms with Crippen LogP contribution in [0.25, 0.3) is 0 Å². The highest BCUT2D eigenvalue weighted by Crippen LogP contribution is 2.36. The summed E-state index contributed by atoms with van der Waals surface area (Å²) in [6.45, 7) is 4.99. The zero-order valence-electron chi connectivity index (χ0n) is 12.3. The molecule has 0 aromatic heterocycles. The lowest BCUT2D eigenvalue weighted by Crippen LogP contribution is -2.08. The number of hydrogen-bond acceptors (Lipinski definition) is 4. The van der Waals surface area contributed by atoms with Crippen molar-refractivity contribution < 1.29 is 14.2 Å². The monoisotopic (exact) mass is 285 g/mol. The summed E-state index contributed by atoms with van der Waals surface area (Å²) in [5, 5.41) is 3.40. The van der Waals surface area contributed by atoms with Crippen LogP contribution in [0.1, 0.15) is 19.4 Å². The molecule has 0 saturated heterocycles. The number of fused-ring (bicyclic) bond motifs is 1. The molecule has 4 heteroatoms. The van der Waals surface area contributed by atoms with E-state index < -0.39 is 0 Å². The molecule has 0 bridgehead atoms. The quantitative estimate of drug-likeness (QED) is 0.906. The molecule has 1 heterocycles.